The van der Waals surface area contributed by atoms with Crippen LogP contribution in [0.15, 0.2) is 35.3 Å². The van der Waals surface area contributed by atoms with Crippen LogP contribution in [-0.4, -0.2) is 14.6 Å². The molecule has 0 aliphatic rings. The molecule has 0 amide bonds. The van der Waals surface area contributed by atoms with E-state index >= 15 is 0 Å². The quantitative estimate of drug-likeness (QED) is 0.602. The first-order valence-corrected chi connectivity index (χ1v) is 4.70. The molecular weight excluding hydrogens is 204 g/mol. The average molecular weight is 210 g/mol. The summed E-state index contributed by atoms with van der Waals surface area (Å²) in [4.78, 5) is 14.4. The molecule has 0 saturated heterocycles. The van der Waals surface area contributed by atoms with Crippen LogP contribution in [0.1, 0.15) is 5.56 Å². The lowest BCUT2D eigenvalue weighted by Crippen LogP contribution is -2.10. The first-order valence-electron chi connectivity index (χ1n) is 4.70. The van der Waals surface area contributed by atoms with Crippen molar-refractivity contribution in [3.8, 4) is 6.07 Å². The van der Waals surface area contributed by atoms with E-state index < -0.39 is 0 Å². The summed E-state index contributed by atoms with van der Waals surface area (Å²) in [5, 5.41) is 13.5. The third-order valence-electron chi connectivity index (χ3n) is 2.50. The van der Waals surface area contributed by atoms with Gasteiger partial charge in [-0.05, 0) is 12.1 Å². The lowest BCUT2D eigenvalue weighted by molar-refractivity contribution is 0.977. The molecule has 5 heteroatoms. The second-order valence-corrected chi connectivity index (χ2v) is 3.40. The van der Waals surface area contributed by atoms with Gasteiger partial charge in [0.1, 0.15) is 11.6 Å². The van der Waals surface area contributed by atoms with Crippen molar-refractivity contribution in [2.75, 3.05) is 0 Å². The molecule has 1 aromatic carbocycles. The maximum atomic E-state index is 11.8. The third-order valence-corrected chi connectivity index (χ3v) is 2.50. The van der Waals surface area contributed by atoms with Crippen LogP contribution in [0.5, 0.6) is 0 Å². The smallest absolute Gasteiger partial charge is 0.259 e. The highest BCUT2D eigenvalue weighted by Gasteiger charge is 2.08. The SMILES string of the molecule is N#Cc1cnn2c1[nH]c(=O)c1ccccc12. The van der Waals surface area contributed by atoms with E-state index in [2.05, 4.69) is 10.1 Å². The summed E-state index contributed by atoms with van der Waals surface area (Å²) in [6.45, 7) is 0. The molecular formula is C11H6N4O. The van der Waals surface area contributed by atoms with Crippen molar-refractivity contribution in [2.24, 2.45) is 0 Å². The Morgan fingerprint density at radius 2 is 2.19 bits per heavy atom. The van der Waals surface area contributed by atoms with Crippen molar-refractivity contribution < 1.29 is 0 Å². The molecule has 76 valence electrons. The highest BCUT2D eigenvalue weighted by atomic mass is 16.1. The van der Waals surface area contributed by atoms with Crippen LogP contribution in [0.25, 0.3) is 16.6 Å². The number of benzene rings is 1. The number of para-hydroxylation sites is 1. The molecule has 0 aliphatic heterocycles. The summed E-state index contributed by atoms with van der Waals surface area (Å²) in [6.07, 6.45) is 1.44. The summed E-state index contributed by atoms with van der Waals surface area (Å²) in [6, 6.07) is 9.13. The van der Waals surface area contributed by atoms with Crippen molar-refractivity contribution >= 4 is 16.6 Å². The van der Waals surface area contributed by atoms with E-state index in [1.54, 1.807) is 22.7 Å². The molecule has 0 atom stereocenters. The zero-order chi connectivity index (χ0) is 11.1. The number of nitrogens with zero attached hydrogens (tertiary/aromatic N) is 3. The summed E-state index contributed by atoms with van der Waals surface area (Å²) in [5.41, 5.74) is 1.29. The van der Waals surface area contributed by atoms with Crippen LogP contribution in [-0.2, 0) is 0 Å². The topological polar surface area (TPSA) is 74.0 Å². The molecule has 3 aromatic rings. The fourth-order valence-corrected chi connectivity index (χ4v) is 1.76. The Morgan fingerprint density at radius 1 is 1.38 bits per heavy atom. The van der Waals surface area contributed by atoms with Gasteiger partial charge in [0.25, 0.3) is 5.56 Å². The predicted octanol–water partition coefficient (Wildman–Crippen LogP) is 1.05. The number of rotatable bonds is 0. The predicted molar refractivity (Wildman–Crippen MR) is 58.0 cm³/mol. The maximum Gasteiger partial charge on any atom is 0.259 e. The first-order chi connectivity index (χ1) is 7.81. The second kappa shape index (κ2) is 2.94. The Morgan fingerprint density at radius 3 is 3.00 bits per heavy atom. The fourth-order valence-electron chi connectivity index (χ4n) is 1.76. The molecule has 0 radical (unpaired) electrons. The van der Waals surface area contributed by atoms with E-state index in [1.807, 2.05) is 12.1 Å². The fraction of sp³-hybridized carbons (Fsp3) is 0. The molecule has 16 heavy (non-hydrogen) atoms. The number of H-pyrrole nitrogens is 1. The molecule has 2 aromatic heterocycles. The summed E-state index contributed by atoms with van der Waals surface area (Å²) < 4.78 is 1.56. The van der Waals surface area contributed by atoms with Crippen molar-refractivity contribution in [3.05, 3.63) is 46.4 Å². The van der Waals surface area contributed by atoms with Crippen molar-refractivity contribution in [3.63, 3.8) is 0 Å². The standard InChI is InChI=1S/C11H6N4O/c12-5-7-6-13-15-9-4-2-1-3-8(9)11(16)14-10(7)15/h1-4,6H,(H,14,16). The van der Waals surface area contributed by atoms with Gasteiger partial charge in [-0.25, -0.2) is 4.52 Å². The van der Waals surface area contributed by atoms with Crippen LogP contribution < -0.4 is 5.56 Å². The number of fused-ring (bicyclic) bond motifs is 3. The third kappa shape index (κ3) is 0.982. The zero-order valence-corrected chi connectivity index (χ0v) is 8.14. The minimum atomic E-state index is -0.208. The normalized spacial score (nSPS) is 10.7. The highest BCUT2D eigenvalue weighted by Crippen LogP contribution is 2.12. The number of hydrogen-bond acceptors (Lipinski definition) is 3. The molecule has 0 spiro atoms. The molecule has 5 nitrogen and oxygen atoms in total. The van der Waals surface area contributed by atoms with Gasteiger partial charge in [0.05, 0.1) is 17.1 Å². The summed E-state index contributed by atoms with van der Waals surface area (Å²) >= 11 is 0. The molecule has 0 fully saturated rings. The lowest BCUT2D eigenvalue weighted by Gasteiger charge is -1.99. The lowest BCUT2D eigenvalue weighted by atomic mass is 10.2. The Kier molecular flexibility index (Phi) is 1.59. The molecule has 0 saturated carbocycles. The van der Waals surface area contributed by atoms with Gasteiger partial charge in [-0.15, -0.1) is 0 Å². The monoisotopic (exact) mass is 210 g/mol. The maximum absolute atomic E-state index is 11.8. The van der Waals surface area contributed by atoms with E-state index in [9.17, 15) is 4.79 Å². The van der Waals surface area contributed by atoms with Gasteiger partial charge in [0, 0.05) is 0 Å². The molecule has 0 bridgehead atoms. The van der Waals surface area contributed by atoms with Gasteiger partial charge >= 0.3 is 0 Å². The van der Waals surface area contributed by atoms with E-state index in [-0.39, 0.29) is 5.56 Å². The number of aromatic amines is 1. The van der Waals surface area contributed by atoms with Crippen molar-refractivity contribution in [1.29, 1.82) is 5.26 Å². The van der Waals surface area contributed by atoms with Crippen LogP contribution >= 0.6 is 0 Å². The molecule has 0 aliphatic carbocycles. The minimum absolute atomic E-state index is 0.208. The second-order valence-electron chi connectivity index (χ2n) is 3.40. The number of hydrogen-bond donors (Lipinski definition) is 1. The van der Waals surface area contributed by atoms with Crippen LogP contribution in [0.2, 0.25) is 0 Å². The highest BCUT2D eigenvalue weighted by molar-refractivity contribution is 5.80. The van der Waals surface area contributed by atoms with E-state index in [0.717, 1.165) is 0 Å². The zero-order valence-electron chi connectivity index (χ0n) is 8.14. The minimum Gasteiger partial charge on any atom is -0.305 e. The van der Waals surface area contributed by atoms with Gasteiger partial charge in [-0.3, -0.25) is 4.79 Å². The molecule has 3 rings (SSSR count). The van der Waals surface area contributed by atoms with E-state index in [4.69, 9.17) is 5.26 Å². The van der Waals surface area contributed by atoms with Crippen LogP contribution in [0.4, 0.5) is 0 Å². The van der Waals surface area contributed by atoms with Crippen LogP contribution in [0, 0.1) is 11.3 Å². The van der Waals surface area contributed by atoms with Gasteiger partial charge < -0.3 is 4.98 Å². The van der Waals surface area contributed by atoms with Crippen molar-refractivity contribution in [1.82, 2.24) is 14.6 Å². The van der Waals surface area contributed by atoms with Gasteiger partial charge in [-0.1, -0.05) is 12.1 Å². The van der Waals surface area contributed by atoms with Gasteiger partial charge in [-0.2, -0.15) is 10.4 Å². The summed E-state index contributed by atoms with van der Waals surface area (Å²) in [7, 11) is 0. The van der Waals surface area contributed by atoms with Gasteiger partial charge in [0.15, 0.2) is 5.65 Å². The number of aromatic nitrogens is 3. The van der Waals surface area contributed by atoms with Gasteiger partial charge in [0.2, 0.25) is 0 Å². The Balaban J connectivity index is 2.67. The molecule has 1 N–H and O–H groups in total. The Bertz CT molecular complexity index is 791. The van der Waals surface area contributed by atoms with E-state index in [1.165, 1.54) is 6.20 Å². The Hall–Kier alpha value is -2.61. The summed E-state index contributed by atoms with van der Waals surface area (Å²) in [5.74, 6) is 0. The average Bonchev–Trinajstić information content (AvgIpc) is 2.72. The number of nitrogens with one attached hydrogen (secondary N) is 1. The Labute approximate surface area is 89.6 Å². The molecule has 0 unspecified atom stereocenters. The van der Waals surface area contributed by atoms with Crippen molar-refractivity contribution in [2.45, 2.75) is 0 Å². The van der Waals surface area contributed by atoms with E-state index in [0.29, 0.717) is 22.1 Å². The largest absolute Gasteiger partial charge is 0.305 e. The number of nitriles is 1. The molecule has 2 heterocycles. The first kappa shape index (κ1) is 8.68. The van der Waals surface area contributed by atoms with Crippen LogP contribution in [0.3, 0.4) is 0 Å².